The Balaban J connectivity index is 2.17. The van der Waals surface area contributed by atoms with E-state index in [1.165, 1.54) is 0 Å². The molecule has 0 saturated carbocycles. The number of benzene rings is 2. The molecule has 0 N–H and O–H groups in total. The molecular weight excluding hydrogens is 290 g/mol. The summed E-state index contributed by atoms with van der Waals surface area (Å²) in [7, 11) is 0. The van der Waals surface area contributed by atoms with Crippen LogP contribution >= 0.6 is 0 Å². The molecule has 4 heteroatoms. The maximum absolute atomic E-state index is 11.5. The van der Waals surface area contributed by atoms with Crippen LogP contribution < -0.4 is 9.84 Å². The van der Waals surface area contributed by atoms with Gasteiger partial charge in [-0.2, -0.15) is 0 Å². The molecule has 1 aromatic heterocycles. The van der Waals surface area contributed by atoms with Crippen molar-refractivity contribution in [1.82, 2.24) is 4.98 Å². The molecule has 0 bridgehead atoms. The molecule has 23 heavy (non-hydrogen) atoms. The molecule has 2 aromatic carbocycles. The fourth-order valence-electron chi connectivity index (χ4n) is 2.60. The molecule has 3 aromatic rings. The van der Waals surface area contributed by atoms with Gasteiger partial charge < -0.3 is 14.6 Å². The van der Waals surface area contributed by atoms with Crippen LogP contribution in [0.15, 0.2) is 48.5 Å². The minimum Gasteiger partial charge on any atom is -0.545 e. The van der Waals surface area contributed by atoms with Crippen molar-refractivity contribution in [3.8, 4) is 17.0 Å². The number of ether oxygens (including phenoxy) is 1. The van der Waals surface area contributed by atoms with Gasteiger partial charge in [0.05, 0.1) is 23.8 Å². The lowest BCUT2D eigenvalue weighted by Crippen LogP contribution is -2.22. The Morgan fingerprint density at radius 1 is 1.17 bits per heavy atom. The number of hydrogen-bond acceptors (Lipinski definition) is 4. The normalized spacial score (nSPS) is 10.7. The van der Waals surface area contributed by atoms with Crippen molar-refractivity contribution >= 4 is 16.9 Å². The number of carbonyl (C=O) groups is 1. The lowest BCUT2D eigenvalue weighted by atomic mass is 10.0. The van der Waals surface area contributed by atoms with Crippen molar-refractivity contribution in [2.24, 2.45) is 0 Å². The summed E-state index contributed by atoms with van der Waals surface area (Å²) in [6.07, 6.45) is 0. The summed E-state index contributed by atoms with van der Waals surface area (Å²) in [6.45, 7) is 4.44. The number of nitrogens with zero attached hydrogens (tertiary/aromatic N) is 1. The third-order valence-electron chi connectivity index (χ3n) is 3.72. The number of rotatable bonds is 4. The van der Waals surface area contributed by atoms with Gasteiger partial charge in [-0.15, -0.1) is 0 Å². The average molecular weight is 306 g/mol. The maximum atomic E-state index is 11.5. The molecule has 0 amide bonds. The van der Waals surface area contributed by atoms with Crippen LogP contribution in [0.4, 0.5) is 0 Å². The monoisotopic (exact) mass is 306 g/mol. The number of aromatic nitrogens is 1. The predicted molar refractivity (Wildman–Crippen MR) is 87.4 cm³/mol. The molecule has 0 spiro atoms. The van der Waals surface area contributed by atoms with Crippen LogP contribution in [0.2, 0.25) is 0 Å². The van der Waals surface area contributed by atoms with E-state index in [0.29, 0.717) is 23.2 Å². The van der Waals surface area contributed by atoms with Gasteiger partial charge in [0, 0.05) is 16.5 Å². The molecule has 0 unspecified atom stereocenters. The maximum Gasteiger partial charge on any atom is 0.119 e. The van der Waals surface area contributed by atoms with Gasteiger partial charge in [-0.1, -0.05) is 18.2 Å². The summed E-state index contributed by atoms with van der Waals surface area (Å²) in [6, 6.07) is 14.5. The molecule has 0 atom stereocenters. The molecule has 0 aliphatic heterocycles. The Bertz CT molecular complexity index is 870. The first-order valence-corrected chi connectivity index (χ1v) is 7.45. The average Bonchev–Trinajstić information content (AvgIpc) is 2.55. The number of carboxylic acids is 1. The lowest BCUT2D eigenvalue weighted by Gasteiger charge is -2.12. The predicted octanol–water partition coefficient (Wildman–Crippen LogP) is 2.97. The Kier molecular flexibility index (Phi) is 3.98. The number of aromatic carboxylic acids is 1. The SMILES string of the molecule is CCOc1ccc(-c2cc(C(=O)[O-])c3cccc(C)c3n2)cc1. The Morgan fingerprint density at radius 2 is 1.91 bits per heavy atom. The second-order valence-electron chi connectivity index (χ2n) is 5.27. The fraction of sp³-hybridized carbons (Fsp3) is 0.158. The third-order valence-corrected chi connectivity index (χ3v) is 3.72. The summed E-state index contributed by atoms with van der Waals surface area (Å²) in [5.41, 5.74) is 3.20. The zero-order chi connectivity index (χ0) is 16.4. The first kappa shape index (κ1) is 15.0. The van der Waals surface area contributed by atoms with E-state index in [0.717, 1.165) is 16.9 Å². The largest absolute Gasteiger partial charge is 0.545 e. The van der Waals surface area contributed by atoms with Gasteiger partial charge in [-0.25, -0.2) is 4.98 Å². The molecule has 4 nitrogen and oxygen atoms in total. The van der Waals surface area contributed by atoms with Gasteiger partial charge >= 0.3 is 0 Å². The van der Waals surface area contributed by atoms with E-state index in [-0.39, 0.29) is 5.56 Å². The van der Waals surface area contributed by atoms with Crippen LogP contribution in [0.25, 0.3) is 22.2 Å². The number of para-hydroxylation sites is 1. The van der Waals surface area contributed by atoms with Crippen molar-refractivity contribution in [1.29, 1.82) is 0 Å². The smallest absolute Gasteiger partial charge is 0.119 e. The van der Waals surface area contributed by atoms with Crippen LogP contribution in [0.1, 0.15) is 22.8 Å². The molecule has 1 heterocycles. The Labute approximate surface area is 134 Å². The number of pyridine rings is 1. The van der Waals surface area contributed by atoms with Gasteiger partial charge in [0.25, 0.3) is 0 Å². The standard InChI is InChI=1S/C19H17NO3/c1-3-23-14-9-7-13(8-10-14)17-11-16(19(21)22)15-6-4-5-12(2)18(15)20-17/h4-11H,3H2,1-2H3,(H,21,22)/p-1. The molecule has 0 radical (unpaired) electrons. The van der Waals surface area contributed by atoms with E-state index in [1.54, 1.807) is 12.1 Å². The number of fused-ring (bicyclic) bond motifs is 1. The second kappa shape index (κ2) is 6.08. The Hall–Kier alpha value is -2.88. The lowest BCUT2D eigenvalue weighted by molar-refractivity contribution is -0.254. The highest BCUT2D eigenvalue weighted by molar-refractivity contribution is 6.03. The molecule has 116 valence electrons. The molecule has 3 rings (SSSR count). The minimum absolute atomic E-state index is 0.155. The van der Waals surface area contributed by atoms with Gasteiger partial charge in [-0.05, 0) is 49.7 Å². The first-order chi connectivity index (χ1) is 11.1. The highest BCUT2D eigenvalue weighted by Crippen LogP contribution is 2.27. The number of carbonyl (C=O) groups excluding carboxylic acids is 1. The summed E-state index contributed by atoms with van der Waals surface area (Å²) in [5, 5.41) is 12.1. The highest BCUT2D eigenvalue weighted by atomic mass is 16.5. The molecule has 0 fully saturated rings. The molecule has 0 aliphatic rings. The number of hydrogen-bond donors (Lipinski definition) is 0. The van der Waals surface area contributed by atoms with Crippen molar-refractivity contribution < 1.29 is 14.6 Å². The first-order valence-electron chi connectivity index (χ1n) is 7.45. The van der Waals surface area contributed by atoms with E-state index in [9.17, 15) is 9.90 Å². The minimum atomic E-state index is -1.20. The van der Waals surface area contributed by atoms with Crippen LogP contribution in [0.3, 0.4) is 0 Å². The molecular formula is C19H16NO3-. The fourth-order valence-corrected chi connectivity index (χ4v) is 2.60. The van der Waals surface area contributed by atoms with Gasteiger partial charge in [-0.3, -0.25) is 0 Å². The zero-order valence-corrected chi connectivity index (χ0v) is 13.0. The van der Waals surface area contributed by atoms with Crippen molar-refractivity contribution in [2.45, 2.75) is 13.8 Å². The third kappa shape index (κ3) is 2.88. The summed E-state index contributed by atoms with van der Waals surface area (Å²) in [5.74, 6) is -0.427. The summed E-state index contributed by atoms with van der Waals surface area (Å²) >= 11 is 0. The highest BCUT2D eigenvalue weighted by Gasteiger charge is 2.10. The van der Waals surface area contributed by atoms with Crippen LogP contribution in [0.5, 0.6) is 5.75 Å². The van der Waals surface area contributed by atoms with E-state index < -0.39 is 5.97 Å². The van der Waals surface area contributed by atoms with Crippen LogP contribution in [-0.4, -0.2) is 17.6 Å². The van der Waals surface area contributed by atoms with Crippen molar-refractivity contribution in [2.75, 3.05) is 6.61 Å². The van der Waals surface area contributed by atoms with Crippen LogP contribution in [-0.2, 0) is 0 Å². The molecule has 0 aliphatic carbocycles. The van der Waals surface area contributed by atoms with E-state index in [1.807, 2.05) is 50.2 Å². The number of carboxylic acid groups (broad SMARTS) is 1. The van der Waals surface area contributed by atoms with Crippen molar-refractivity contribution in [3.05, 3.63) is 59.7 Å². The van der Waals surface area contributed by atoms with E-state index >= 15 is 0 Å². The number of aryl methyl sites for hydroxylation is 1. The van der Waals surface area contributed by atoms with E-state index in [2.05, 4.69) is 4.98 Å². The van der Waals surface area contributed by atoms with E-state index in [4.69, 9.17) is 4.74 Å². The van der Waals surface area contributed by atoms with Gasteiger partial charge in [0.1, 0.15) is 5.75 Å². The second-order valence-corrected chi connectivity index (χ2v) is 5.27. The van der Waals surface area contributed by atoms with Gasteiger partial charge in [0.2, 0.25) is 0 Å². The van der Waals surface area contributed by atoms with Crippen LogP contribution in [0, 0.1) is 6.92 Å². The Morgan fingerprint density at radius 3 is 2.57 bits per heavy atom. The molecule has 0 saturated heterocycles. The topological polar surface area (TPSA) is 62.2 Å². The summed E-state index contributed by atoms with van der Waals surface area (Å²) in [4.78, 5) is 16.1. The van der Waals surface area contributed by atoms with Crippen molar-refractivity contribution in [3.63, 3.8) is 0 Å². The quantitative estimate of drug-likeness (QED) is 0.743. The summed E-state index contributed by atoms with van der Waals surface area (Å²) < 4.78 is 5.42. The van der Waals surface area contributed by atoms with Gasteiger partial charge in [0.15, 0.2) is 0 Å². The zero-order valence-electron chi connectivity index (χ0n) is 13.0.